The molecule has 7 heteroatoms. The van der Waals surface area contributed by atoms with E-state index >= 15 is 0 Å². The molecule has 0 bridgehead atoms. The number of urea groups is 1. The number of amides is 2. The molecule has 1 aliphatic rings. The number of rotatable bonds is 6. The second-order valence-electron chi connectivity index (χ2n) is 5.54. The number of nitrogens with one attached hydrogen (secondary N) is 2. The molecule has 2 unspecified atom stereocenters. The molecule has 1 aromatic rings. The molecule has 1 heterocycles. The minimum absolute atomic E-state index is 0.0478. The summed E-state index contributed by atoms with van der Waals surface area (Å²) in [6, 6.07) is -0.241. The van der Waals surface area contributed by atoms with Gasteiger partial charge in [-0.3, -0.25) is 9.48 Å². The van der Waals surface area contributed by atoms with E-state index in [0.29, 0.717) is 19.5 Å². The number of aryl methyl sites for hydroxylation is 1. The third-order valence-corrected chi connectivity index (χ3v) is 3.96. The number of hydrogen-bond acceptors (Lipinski definition) is 3. The molecule has 2 atom stereocenters. The van der Waals surface area contributed by atoms with Gasteiger partial charge in [-0.05, 0) is 30.7 Å². The van der Waals surface area contributed by atoms with Crippen LogP contribution in [0.3, 0.4) is 0 Å². The summed E-state index contributed by atoms with van der Waals surface area (Å²) in [5.74, 6) is -1.02. The van der Waals surface area contributed by atoms with Gasteiger partial charge in [-0.15, -0.1) is 0 Å². The van der Waals surface area contributed by atoms with Crippen LogP contribution in [0.1, 0.15) is 24.8 Å². The number of carbonyl (C=O) groups is 2. The number of carbonyl (C=O) groups excluding carboxylic acids is 1. The Morgan fingerprint density at radius 2 is 2.24 bits per heavy atom. The SMILES string of the molecule is Cn1cc(CCNC(=O)NCC2CCCC2C(=O)O)cn1. The summed E-state index contributed by atoms with van der Waals surface area (Å²) in [5, 5.41) is 18.7. The lowest BCUT2D eigenvalue weighted by Gasteiger charge is -2.16. The average Bonchev–Trinajstić information content (AvgIpc) is 3.05. The number of aromatic nitrogens is 2. The van der Waals surface area contributed by atoms with Crippen molar-refractivity contribution in [3.8, 4) is 0 Å². The van der Waals surface area contributed by atoms with E-state index in [9.17, 15) is 9.59 Å². The normalized spacial score (nSPS) is 21.2. The third-order valence-electron chi connectivity index (χ3n) is 3.96. The molecule has 2 amide bonds. The van der Waals surface area contributed by atoms with Crippen LogP contribution in [0, 0.1) is 11.8 Å². The van der Waals surface area contributed by atoms with Gasteiger partial charge in [-0.2, -0.15) is 5.10 Å². The molecule has 7 nitrogen and oxygen atoms in total. The van der Waals surface area contributed by atoms with Crippen molar-refractivity contribution in [2.45, 2.75) is 25.7 Å². The van der Waals surface area contributed by atoms with Gasteiger partial charge in [0.1, 0.15) is 0 Å². The summed E-state index contributed by atoms with van der Waals surface area (Å²) in [6.07, 6.45) is 6.91. The zero-order valence-electron chi connectivity index (χ0n) is 12.2. The van der Waals surface area contributed by atoms with E-state index in [1.807, 2.05) is 13.2 Å². The molecule has 0 radical (unpaired) electrons. The van der Waals surface area contributed by atoms with Crippen molar-refractivity contribution in [2.24, 2.45) is 18.9 Å². The molecule has 0 aliphatic heterocycles. The summed E-state index contributed by atoms with van der Waals surface area (Å²) in [5.41, 5.74) is 1.07. The summed E-state index contributed by atoms with van der Waals surface area (Å²) in [7, 11) is 1.85. The largest absolute Gasteiger partial charge is 0.481 e. The fourth-order valence-corrected chi connectivity index (χ4v) is 2.81. The molecule has 21 heavy (non-hydrogen) atoms. The number of carboxylic acids is 1. The minimum Gasteiger partial charge on any atom is -0.481 e. The zero-order chi connectivity index (χ0) is 15.2. The molecule has 1 saturated carbocycles. The van der Waals surface area contributed by atoms with Gasteiger partial charge >= 0.3 is 12.0 Å². The lowest BCUT2D eigenvalue weighted by atomic mass is 9.96. The van der Waals surface area contributed by atoms with Gasteiger partial charge in [0.2, 0.25) is 0 Å². The maximum Gasteiger partial charge on any atom is 0.314 e. The highest BCUT2D eigenvalue weighted by molar-refractivity contribution is 5.74. The monoisotopic (exact) mass is 294 g/mol. The molecule has 116 valence electrons. The highest BCUT2D eigenvalue weighted by Crippen LogP contribution is 2.31. The molecule has 0 saturated heterocycles. The molecular formula is C14H22N4O3. The number of carboxylic acid groups (broad SMARTS) is 1. The van der Waals surface area contributed by atoms with Gasteiger partial charge in [0, 0.05) is 26.3 Å². The first kappa shape index (κ1) is 15.3. The Hall–Kier alpha value is -2.05. The zero-order valence-corrected chi connectivity index (χ0v) is 12.2. The Labute approximate surface area is 123 Å². The Balaban J connectivity index is 1.64. The highest BCUT2D eigenvalue weighted by Gasteiger charge is 2.32. The maximum atomic E-state index is 11.7. The molecule has 0 aromatic carbocycles. The van der Waals surface area contributed by atoms with Gasteiger partial charge in [-0.25, -0.2) is 4.79 Å². The predicted octanol–water partition coefficient (Wildman–Crippen LogP) is 0.763. The molecule has 1 aromatic heterocycles. The van der Waals surface area contributed by atoms with E-state index in [0.717, 1.165) is 24.8 Å². The number of nitrogens with zero attached hydrogens (tertiary/aromatic N) is 2. The Morgan fingerprint density at radius 1 is 1.43 bits per heavy atom. The molecule has 0 spiro atoms. The summed E-state index contributed by atoms with van der Waals surface area (Å²) in [4.78, 5) is 22.7. The van der Waals surface area contributed by atoms with Crippen LogP contribution in [0.25, 0.3) is 0 Å². The van der Waals surface area contributed by atoms with Crippen molar-refractivity contribution in [1.82, 2.24) is 20.4 Å². The minimum atomic E-state index is -0.753. The number of hydrogen-bond donors (Lipinski definition) is 3. The maximum absolute atomic E-state index is 11.7. The molecular weight excluding hydrogens is 272 g/mol. The van der Waals surface area contributed by atoms with Gasteiger partial charge in [-0.1, -0.05) is 6.42 Å². The van der Waals surface area contributed by atoms with E-state index in [2.05, 4.69) is 15.7 Å². The van der Waals surface area contributed by atoms with Crippen LogP contribution in [-0.2, 0) is 18.3 Å². The van der Waals surface area contributed by atoms with Crippen molar-refractivity contribution in [2.75, 3.05) is 13.1 Å². The van der Waals surface area contributed by atoms with E-state index in [-0.39, 0.29) is 17.9 Å². The van der Waals surface area contributed by atoms with Gasteiger partial charge in [0.15, 0.2) is 0 Å². The smallest absolute Gasteiger partial charge is 0.314 e. The van der Waals surface area contributed by atoms with E-state index in [1.165, 1.54) is 0 Å². The third kappa shape index (κ3) is 4.47. The van der Waals surface area contributed by atoms with Crippen LogP contribution in [0.4, 0.5) is 4.79 Å². The second-order valence-corrected chi connectivity index (χ2v) is 5.54. The quantitative estimate of drug-likeness (QED) is 0.722. The highest BCUT2D eigenvalue weighted by atomic mass is 16.4. The Bertz CT molecular complexity index is 500. The van der Waals surface area contributed by atoms with Crippen LogP contribution in [0.15, 0.2) is 12.4 Å². The van der Waals surface area contributed by atoms with E-state index in [4.69, 9.17) is 5.11 Å². The Morgan fingerprint density at radius 3 is 2.90 bits per heavy atom. The van der Waals surface area contributed by atoms with Crippen molar-refractivity contribution in [3.63, 3.8) is 0 Å². The van der Waals surface area contributed by atoms with Crippen LogP contribution in [0.2, 0.25) is 0 Å². The summed E-state index contributed by atoms with van der Waals surface area (Å²) in [6.45, 7) is 0.959. The molecule has 1 fully saturated rings. The predicted molar refractivity (Wildman–Crippen MR) is 76.8 cm³/mol. The fourth-order valence-electron chi connectivity index (χ4n) is 2.81. The summed E-state index contributed by atoms with van der Waals surface area (Å²) < 4.78 is 1.72. The van der Waals surface area contributed by atoms with Crippen molar-refractivity contribution < 1.29 is 14.7 Å². The first-order valence-electron chi connectivity index (χ1n) is 7.28. The van der Waals surface area contributed by atoms with Gasteiger partial charge < -0.3 is 15.7 Å². The number of aliphatic carboxylic acids is 1. The summed E-state index contributed by atoms with van der Waals surface area (Å²) >= 11 is 0. The van der Waals surface area contributed by atoms with E-state index in [1.54, 1.807) is 10.9 Å². The molecule has 3 N–H and O–H groups in total. The van der Waals surface area contributed by atoms with Gasteiger partial charge in [0.05, 0.1) is 12.1 Å². The van der Waals surface area contributed by atoms with Crippen molar-refractivity contribution in [1.29, 1.82) is 0 Å². The van der Waals surface area contributed by atoms with E-state index < -0.39 is 5.97 Å². The van der Waals surface area contributed by atoms with Gasteiger partial charge in [0.25, 0.3) is 0 Å². The molecule has 1 aliphatic carbocycles. The first-order chi connectivity index (χ1) is 10.1. The topological polar surface area (TPSA) is 96.2 Å². The first-order valence-corrected chi connectivity index (χ1v) is 7.28. The Kier molecular flexibility index (Phi) is 5.19. The van der Waals surface area contributed by atoms with Crippen LogP contribution >= 0.6 is 0 Å². The van der Waals surface area contributed by atoms with Crippen molar-refractivity contribution in [3.05, 3.63) is 18.0 Å². The molecule has 2 rings (SSSR count). The average molecular weight is 294 g/mol. The van der Waals surface area contributed by atoms with Crippen LogP contribution in [0.5, 0.6) is 0 Å². The standard InChI is InChI=1S/C14H22N4O3/c1-18-9-10(7-17-18)5-6-15-14(21)16-8-11-3-2-4-12(11)13(19)20/h7,9,11-12H,2-6,8H2,1H3,(H,19,20)(H2,15,16,21). The second kappa shape index (κ2) is 7.10. The van der Waals surface area contributed by atoms with Crippen molar-refractivity contribution >= 4 is 12.0 Å². The van der Waals surface area contributed by atoms with Crippen LogP contribution < -0.4 is 10.6 Å². The van der Waals surface area contributed by atoms with Crippen LogP contribution in [-0.4, -0.2) is 40.0 Å². The lowest BCUT2D eigenvalue weighted by Crippen LogP contribution is -2.40. The fraction of sp³-hybridized carbons (Fsp3) is 0.643. The lowest BCUT2D eigenvalue weighted by molar-refractivity contribution is -0.142.